The van der Waals surface area contributed by atoms with Crippen LogP contribution < -0.4 is 5.73 Å². The summed E-state index contributed by atoms with van der Waals surface area (Å²) in [6.45, 7) is 1.53. The first-order chi connectivity index (χ1) is 11.1. The molecule has 0 aliphatic carbocycles. The van der Waals surface area contributed by atoms with Crippen LogP contribution in [-0.2, 0) is 17.2 Å². The second kappa shape index (κ2) is 6.25. The summed E-state index contributed by atoms with van der Waals surface area (Å²) in [6, 6.07) is 2.36. The Hall–Kier alpha value is -2.39. The van der Waals surface area contributed by atoms with Crippen LogP contribution in [-0.4, -0.2) is 36.2 Å². The fourth-order valence-electron chi connectivity index (χ4n) is 2.15. The third kappa shape index (κ3) is 3.41. The van der Waals surface area contributed by atoms with Gasteiger partial charge in [-0.05, 0) is 18.6 Å². The number of carbonyl (C=O) groups is 1. The number of ether oxygens (including phenoxy) is 1. The van der Waals surface area contributed by atoms with Crippen molar-refractivity contribution in [1.82, 2.24) is 4.90 Å². The fourth-order valence-corrected chi connectivity index (χ4v) is 2.15. The van der Waals surface area contributed by atoms with Crippen molar-refractivity contribution in [2.24, 2.45) is 10.7 Å². The molecule has 0 fully saturated rings. The van der Waals surface area contributed by atoms with E-state index in [1.165, 1.54) is 4.90 Å². The highest BCUT2D eigenvalue weighted by Crippen LogP contribution is 2.45. The van der Waals surface area contributed by atoms with Gasteiger partial charge in [-0.3, -0.25) is 4.90 Å². The van der Waals surface area contributed by atoms with Crippen molar-refractivity contribution in [2.75, 3.05) is 13.2 Å². The van der Waals surface area contributed by atoms with Crippen molar-refractivity contribution in [2.45, 2.75) is 25.6 Å². The Kier molecular flexibility index (Phi) is 4.68. The molecule has 0 unspecified atom stereocenters. The van der Waals surface area contributed by atoms with Gasteiger partial charge in [0.25, 0.3) is 0 Å². The number of amides is 1. The van der Waals surface area contributed by atoms with Crippen molar-refractivity contribution in [3.05, 3.63) is 29.3 Å². The quantitative estimate of drug-likeness (QED) is 0.832. The molecule has 1 aromatic rings. The number of amidine groups is 1. The number of halogens is 5. The Morgan fingerprint density at radius 2 is 1.96 bits per heavy atom. The van der Waals surface area contributed by atoms with E-state index in [1.54, 1.807) is 6.92 Å². The lowest BCUT2D eigenvalue weighted by atomic mass is 10.0. The van der Waals surface area contributed by atoms with Crippen LogP contribution in [0, 0.1) is 0 Å². The molecule has 132 valence electrons. The van der Waals surface area contributed by atoms with Gasteiger partial charge in [-0.25, -0.2) is 9.79 Å². The van der Waals surface area contributed by atoms with Crippen LogP contribution >= 0.6 is 0 Å². The molecule has 0 saturated heterocycles. The number of benzene rings is 1. The molecule has 5 nitrogen and oxygen atoms in total. The number of hydrogen-bond acceptors (Lipinski definition) is 4. The number of alkyl halides is 5. The Balaban J connectivity index is 2.40. The van der Waals surface area contributed by atoms with E-state index < -0.39 is 23.8 Å². The minimum Gasteiger partial charge on any atom is -0.450 e. The van der Waals surface area contributed by atoms with E-state index in [0.29, 0.717) is 12.1 Å². The maximum Gasteiger partial charge on any atom is 0.458 e. The Bertz CT molecular complexity index is 673. The maximum atomic E-state index is 13.4. The average Bonchev–Trinajstić information content (AvgIpc) is 2.63. The van der Waals surface area contributed by atoms with Crippen molar-refractivity contribution >= 4 is 17.6 Å². The zero-order valence-electron chi connectivity index (χ0n) is 12.5. The molecule has 2 N–H and O–H groups in total. The Morgan fingerprint density at radius 1 is 1.29 bits per heavy atom. The van der Waals surface area contributed by atoms with Gasteiger partial charge in [-0.1, -0.05) is 12.1 Å². The molecule has 1 amide bonds. The predicted octanol–water partition coefficient (Wildman–Crippen LogP) is 3.30. The molecule has 0 aromatic heterocycles. The molecular formula is C14H14F5N3O2. The lowest BCUT2D eigenvalue weighted by Crippen LogP contribution is -2.37. The minimum absolute atomic E-state index is 0.0732. The Morgan fingerprint density at radius 3 is 2.54 bits per heavy atom. The highest BCUT2D eigenvalue weighted by molar-refractivity contribution is 5.89. The number of nitrogens with zero attached hydrogens (tertiary/aromatic N) is 2. The number of hydrogen-bond donors (Lipinski definition) is 1. The monoisotopic (exact) mass is 351 g/mol. The second-order valence-electron chi connectivity index (χ2n) is 5.07. The van der Waals surface area contributed by atoms with Gasteiger partial charge in [0.2, 0.25) is 0 Å². The van der Waals surface area contributed by atoms with Crippen LogP contribution in [0.5, 0.6) is 0 Å². The van der Waals surface area contributed by atoms with Crippen LogP contribution in [0.3, 0.4) is 0 Å². The van der Waals surface area contributed by atoms with Gasteiger partial charge >= 0.3 is 18.2 Å². The SMILES string of the molecule is CCOC(=O)N1CC(N)=Nc2cc(C(F)(F)C(F)(F)F)ccc2C1. The first kappa shape index (κ1) is 18.0. The van der Waals surface area contributed by atoms with Crippen LogP contribution in [0.1, 0.15) is 18.1 Å². The first-order valence-corrected chi connectivity index (χ1v) is 6.89. The summed E-state index contributed by atoms with van der Waals surface area (Å²) >= 11 is 0. The minimum atomic E-state index is -5.72. The summed E-state index contributed by atoms with van der Waals surface area (Å²) in [4.78, 5) is 16.8. The van der Waals surface area contributed by atoms with Gasteiger partial charge in [0.05, 0.1) is 25.4 Å². The van der Waals surface area contributed by atoms with E-state index in [-0.39, 0.29) is 36.8 Å². The largest absolute Gasteiger partial charge is 0.458 e. The number of aliphatic imine (C=N–C) groups is 1. The molecule has 10 heteroatoms. The van der Waals surface area contributed by atoms with Crippen molar-refractivity contribution < 1.29 is 31.5 Å². The highest BCUT2D eigenvalue weighted by Gasteiger charge is 2.58. The zero-order chi connectivity index (χ0) is 18.1. The van der Waals surface area contributed by atoms with Crippen LogP contribution in [0.4, 0.5) is 32.4 Å². The van der Waals surface area contributed by atoms with Gasteiger partial charge in [0.1, 0.15) is 5.84 Å². The van der Waals surface area contributed by atoms with E-state index in [4.69, 9.17) is 10.5 Å². The van der Waals surface area contributed by atoms with E-state index in [0.717, 1.165) is 6.07 Å². The maximum absolute atomic E-state index is 13.4. The van der Waals surface area contributed by atoms with Gasteiger partial charge in [-0.15, -0.1) is 0 Å². The van der Waals surface area contributed by atoms with Gasteiger partial charge < -0.3 is 10.5 Å². The summed E-state index contributed by atoms with van der Waals surface area (Å²) in [5.74, 6) is -5.12. The highest BCUT2D eigenvalue weighted by atomic mass is 19.4. The molecule has 0 spiro atoms. The number of fused-ring (bicyclic) bond motifs is 1. The number of rotatable bonds is 2. The molecule has 2 rings (SSSR count). The summed E-state index contributed by atoms with van der Waals surface area (Å²) in [6.07, 6.45) is -6.41. The van der Waals surface area contributed by atoms with Gasteiger partial charge in [0, 0.05) is 5.56 Å². The van der Waals surface area contributed by atoms with Crippen molar-refractivity contribution in [3.8, 4) is 0 Å². The molecule has 0 bridgehead atoms. The second-order valence-corrected chi connectivity index (χ2v) is 5.07. The number of carbonyl (C=O) groups excluding carboxylic acids is 1. The van der Waals surface area contributed by atoms with E-state index >= 15 is 0 Å². The molecule has 1 heterocycles. The summed E-state index contributed by atoms with van der Waals surface area (Å²) in [5, 5.41) is 0. The average molecular weight is 351 g/mol. The number of nitrogens with two attached hydrogens (primary N) is 1. The third-order valence-electron chi connectivity index (χ3n) is 3.31. The smallest absolute Gasteiger partial charge is 0.450 e. The van der Waals surface area contributed by atoms with Crippen molar-refractivity contribution in [1.29, 1.82) is 0 Å². The van der Waals surface area contributed by atoms with E-state index in [2.05, 4.69) is 4.99 Å². The topological polar surface area (TPSA) is 67.9 Å². The van der Waals surface area contributed by atoms with Crippen LogP contribution in [0.2, 0.25) is 0 Å². The summed E-state index contributed by atoms with van der Waals surface area (Å²) < 4.78 is 69.2. The molecule has 1 aromatic carbocycles. The zero-order valence-corrected chi connectivity index (χ0v) is 12.5. The van der Waals surface area contributed by atoms with Gasteiger partial charge in [0.15, 0.2) is 0 Å². The first-order valence-electron chi connectivity index (χ1n) is 6.89. The lowest BCUT2D eigenvalue weighted by Gasteiger charge is -2.21. The molecule has 1 aliphatic heterocycles. The van der Waals surface area contributed by atoms with E-state index in [9.17, 15) is 26.7 Å². The van der Waals surface area contributed by atoms with Crippen molar-refractivity contribution in [3.63, 3.8) is 0 Å². The normalized spacial score (nSPS) is 15.4. The summed E-state index contributed by atoms with van der Waals surface area (Å²) in [5.41, 5.74) is 4.51. The summed E-state index contributed by atoms with van der Waals surface area (Å²) in [7, 11) is 0. The van der Waals surface area contributed by atoms with Crippen LogP contribution in [0.15, 0.2) is 23.2 Å². The lowest BCUT2D eigenvalue weighted by molar-refractivity contribution is -0.289. The Labute approximate surface area is 133 Å². The van der Waals surface area contributed by atoms with E-state index in [1.807, 2.05) is 0 Å². The molecule has 0 radical (unpaired) electrons. The van der Waals surface area contributed by atoms with Crippen LogP contribution in [0.25, 0.3) is 0 Å². The predicted molar refractivity (Wildman–Crippen MR) is 75.1 cm³/mol. The molecule has 1 aliphatic rings. The van der Waals surface area contributed by atoms with Gasteiger partial charge in [-0.2, -0.15) is 22.0 Å². The fraction of sp³-hybridized carbons (Fsp3) is 0.429. The third-order valence-corrected chi connectivity index (χ3v) is 3.31. The molecule has 24 heavy (non-hydrogen) atoms. The molecule has 0 atom stereocenters. The molecular weight excluding hydrogens is 337 g/mol. The standard InChI is InChI=1S/C14H14F5N3O2/c1-2-24-12(23)22-6-8-3-4-9(13(15,16)14(17,18)19)5-10(8)21-11(20)7-22/h3-5H,2,6-7H2,1H3,(H2,20,21). The molecule has 0 saturated carbocycles.